The molecule has 0 spiro atoms. The first-order valence-corrected chi connectivity index (χ1v) is 6.33. The number of halogens is 3. The molecule has 0 atom stereocenters. The molecule has 0 radical (unpaired) electrons. The molecule has 1 aromatic carbocycles. The van der Waals surface area contributed by atoms with Gasteiger partial charge in [-0.25, -0.2) is 8.78 Å². The molecule has 18 heavy (non-hydrogen) atoms. The van der Waals surface area contributed by atoms with Gasteiger partial charge in [-0.05, 0) is 24.1 Å². The van der Waals surface area contributed by atoms with Crippen LogP contribution in [0.5, 0.6) is 0 Å². The minimum atomic E-state index is -0.925. The second-order valence-electron chi connectivity index (χ2n) is 4.33. The zero-order valence-electron chi connectivity index (χ0n) is 10.6. The first-order chi connectivity index (χ1) is 8.50. The van der Waals surface area contributed by atoms with Crippen LogP contribution in [0.4, 0.5) is 8.78 Å². The van der Waals surface area contributed by atoms with E-state index in [0.717, 1.165) is 18.7 Å². The third-order valence-corrected chi connectivity index (χ3v) is 2.76. The number of nitrogens with one attached hydrogen (secondary N) is 1. The second kappa shape index (κ2) is 7.67. The Labute approximate surface area is 111 Å². The van der Waals surface area contributed by atoms with Crippen LogP contribution in [0, 0.1) is 11.6 Å². The van der Waals surface area contributed by atoms with E-state index >= 15 is 0 Å². The molecule has 5 heteroatoms. The van der Waals surface area contributed by atoms with Crippen molar-refractivity contribution in [2.24, 2.45) is 0 Å². The fourth-order valence-corrected chi connectivity index (χ4v) is 1.70. The van der Waals surface area contributed by atoms with E-state index in [2.05, 4.69) is 19.2 Å². The van der Waals surface area contributed by atoms with Gasteiger partial charge in [0.1, 0.15) is 0 Å². The maximum atomic E-state index is 13.0. The summed E-state index contributed by atoms with van der Waals surface area (Å²) >= 11 is 5.81. The summed E-state index contributed by atoms with van der Waals surface area (Å²) in [7, 11) is 0. The van der Waals surface area contributed by atoms with Gasteiger partial charge >= 0.3 is 0 Å². The van der Waals surface area contributed by atoms with E-state index in [1.165, 1.54) is 0 Å². The van der Waals surface area contributed by atoms with Crippen molar-refractivity contribution in [1.82, 2.24) is 5.32 Å². The molecule has 0 bridgehead atoms. The van der Waals surface area contributed by atoms with Gasteiger partial charge < -0.3 is 10.1 Å². The largest absolute Gasteiger partial charge is 0.380 e. The van der Waals surface area contributed by atoms with Crippen LogP contribution in [-0.2, 0) is 11.2 Å². The minimum Gasteiger partial charge on any atom is -0.380 e. The molecule has 0 amide bonds. The van der Waals surface area contributed by atoms with Crippen LogP contribution in [0.25, 0.3) is 0 Å². The summed E-state index contributed by atoms with van der Waals surface area (Å²) in [5, 5.41) is 3.45. The Morgan fingerprint density at radius 1 is 1.22 bits per heavy atom. The summed E-state index contributed by atoms with van der Waals surface area (Å²) in [4.78, 5) is 0. The molecule has 0 aliphatic carbocycles. The third kappa shape index (κ3) is 5.29. The highest BCUT2D eigenvalue weighted by atomic mass is 35.5. The van der Waals surface area contributed by atoms with Gasteiger partial charge in [0.15, 0.2) is 11.6 Å². The molecule has 0 saturated carbocycles. The predicted molar refractivity (Wildman–Crippen MR) is 69.0 cm³/mol. The average Bonchev–Trinajstić information content (AvgIpc) is 2.29. The van der Waals surface area contributed by atoms with E-state index in [-0.39, 0.29) is 5.02 Å². The lowest BCUT2D eigenvalue weighted by molar-refractivity contribution is 0.137. The highest BCUT2D eigenvalue weighted by molar-refractivity contribution is 6.31. The van der Waals surface area contributed by atoms with E-state index in [0.29, 0.717) is 31.2 Å². The van der Waals surface area contributed by atoms with Crippen molar-refractivity contribution in [3.8, 4) is 0 Å². The van der Waals surface area contributed by atoms with Gasteiger partial charge in [0.25, 0.3) is 0 Å². The average molecular weight is 278 g/mol. The van der Waals surface area contributed by atoms with E-state index in [1.54, 1.807) is 0 Å². The van der Waals surface area contributed by atoms with E-state index in [1.807, 2.05) is 0 Å². The smallest absolute Gasteiger partial charge is 0.160 e. The Kier molecular flexibility index (Phi) is 6.54. The summed E-state index contributed by atoms with van der Waals surface area (Å²) in [6.07, 6.45) is 0.470. The molecular weight excluding hydrogens is 260 g/mol. The highest BCUT2D eigenvalue weighted by Gasteiger charge is 2.08. The molecule has 1 aromatic rings. The molecule has 102 valence electrons. The first-order valence-electron chi connectivity index (χ1n) is 5.95. The van der Waals surface area contributed by atoms with Crippen LogP contribution in [-0.4, -0.2) is 25.8 Å². The number of benzene rings is 1. The molecular formula is C13H18ClF2NO. The van der Waals surface area contributed by atoms with Crippen molar-refractivity contribution in [3.05, 3.63) is 34.4 Å². The van der Waals surface area contributed by atoms with Gasteiger partial charge in [-0.1, -0.05) is 25.4 Å². The molecule has 1 rings (SSSR count). The molecule has 0 aliphatic heterocycles. The van der Waals surface area contributed by atoms with E-state index in [9.17, 15) is 8.78 Å². The van der Waals surface area contributed by atoms with Crippen LogP contribution >= 0.6 is 11.6 Å². The van der Waals surface area contributed by atoms with Crippen LogP contribution in [0.15, 0.2) is 12.1 Å². The first kappa shape index (κ1) is 15.3. The lowest BCUT2D eigenvalue weighted by Gasteiger charge is -2.09. The summed E-state index contributed by atoms with van der Waals surface area (Å²) in [6.45, 7) is 5.90. The standard InChI is InChI=1S/C13H18ClF2NO/c1-9(2)17-4-6-18-5-3-10-7-12(15)13(16)8-11(10)14/h7-9,17H,3-6H2,1-2H3. The quantitative estimate of drug-likeness (QED) is 0.611. The number of ether oxygens (including phenoxy) is 1. The lowest BCUT2D eigenvalue weighted by Crippen LogP contribution is -2.26. The number of hydrogen-bond donors (Lipinski definition) is 1. The van der Waals surface area contributed by atoms with Gasteiger partial charge in [-0.15, -0.1) is 0 Å². The van der Waals surface area contributed by atoms with Crippen LogP contribution in [0.3, 0.4) is 0 Å². The summed E-state index contributed by atoms with van der Waals surface area (Å²) in [6, 6.07) is 2.54. The zero-order valence-corrected chi connectivity index (χ0v) is 11.4. The minimum absolute atomic E-state index is 0.234. The Bertz CT molecular complexity index is 385. The summed E-state index contributed by atoms with van der Waals surface area (Å²) < 4.78 is 31.2. The number of hydrogen-bond acceptors (Lipinski definition) is 2. The van der Waals surface area contributed by atoms with Crippen molar-refractivity contribution < 1.29 is 13.5 Å². The van der Waals surface area contributed by atoms with Crippen molar-refractivity contribution in [1.29, 1.82) is 0 Å². The Morgan fingerprint density at radius 2 is 1.89 bits per heavy atom. The zero-order chi connectivity index (χ0) is 13.5. The maximum absolute atomic E-state index is 13.0. The Hall–Kier alpha value is -0.710. The van der Waals surface area contributed by atoms with Gasteiger partial charge in [-0.3, -0.25) is 0 Å². The predicted octanol–water partition coefficient (Wildman–Crippen LogP) is 3.18. The van der Waals surface area contributed by atoms with E-state index in [4.69, 9.17) is 16.3 Å². The van der Waals surface area contributed by atoms with E-state index < -0.39 is 11.6 Å². The molecule has 0 unspecified atom stereocenters. The molecule has 0 saturated heterocycles. The molecule has 0 aliphatic rings. The maximum Gasteiger partial charge on any atom is 0.160 e. The van der Waals surface area contributed by atoms with Crippen LogP contribution in [0.1, 0.15) is 19.4 Å². The van der Waals surface area contributed by atoms with Gasteiger partial charge in [0, 0.05) is 17.6 Å². The third-order valence-electron chi connectivity index (χ3n) is 2.40. The van der Waals surface area contributed by atoms with Crippen LogP contribution in [0.2, 0.25) is 5.02 Å². The van der Waals surface area contributed by atoms with Crippen molar-refractivity contribution in [3.63, 3.8) is 0 Å². The molecule has 2 nitrogen and oxygen atoms in total. The summed E-state index contributed by atoms with van der Waals surface area (Å²) in [5.41, 5.74) is 0.562. The van der Waals surface area contributed by atoms with Crippen molar-refractivity contribution in [2.45, 2.75) is 26.3 Å². The fourth-order valence-electron chi connectivity index (χ4n) is 1.46. The van der Waals surface area contributed by atoms with Gasteiger partial charge in [0.05, 0.1) is 13.2 Å². The molecule has 0 heterocycles. The Balaban J connectivity index is 2.29. The molecule has 0 fully saturated rings. The van der Waals surface area contributed by atoms with Gasteiger partial charge in [-0.2, -0.15) is 0 Å². The Morgan fingerprint density at radius 3 is 2.56 bits per heavy atom. The number of rotatable bonds is 7. The lowest BCUT2D eigenvalue weighted by atomic mass is 10.1. The monoisotopic (exact) mass is 277 g/mol. The SMILES string of the molecule is CC(C)NCCOCCc1cc(F)c(F)cc1Cl. The van der Waals surface area contributed by atoms with Crippen molar-refractivity contribution >= 4 is 11.6 Å². The highest BCUT2D eigenvalue weighted by Crippen LogP contribution is 2.20. The van der Waals surface area contributed by atoms with Gasteiger partial charge in [0.2, 0.25) is 0 Å². The fraction of sp³-hybridized carbons (Fsp3) is 0.538. The summed E-state index contributed by atoms with van der Waals surface area (Å²) in [5.74, 6) is -1.80. The molecule has 1 N–H and O–H groups in total. The van der Waals surface area contributed by atoms with Crippen LogP contribution < -0.4 is 5.32 Å². The normalized spacial score (nSPS) is 11.2. The second-order valence-corrected chi connectivity index (χ2v) is 4.74. The van der Waals surface area contributed by atoms with Crippen molar-refractivity contribution in [2.75, 3.05) is 19.8 Å². The topological polar surface area (TPSA) is 21.3 Å². The molecule has 0 aromatic heterocycles.